The molecule has 3 heteroatoms. The van der Waals surface area contributed by atoms with Crippen molar-refractivity contribution in [2.24, 2.45) is 5.41 Å². The number of hydrogen-bond acceptors (Lipinski definition) is 3. The number of nitrogens with one attached hydrogen (secondary N) is 1. The van der Waals surface area contributed by atoms with Gasteiger partial charge >= 0.3 is 0 Å². The van der Waals surface area contributed by atoms with E-state index in [1.807, 2.05) is 0 Å². The largest absolute Gasteiger partial charge is 0.385 e. The van der Waals surface area contributed by atoms with E-state index in [9.17, 15) is 0 Å². The molecule has 0 bridgehead atoms. The molecule has 16 heavy (non-hydrogen) atoms. The van der Waals surface area contributed by atoms with Crippen molar-refractivity contribution >= 4 is 0 Å². The summed E-state index contributed by atoms with van der Waals surface area (Å²) in [6, 6.07) is 0. The fraction of sp³-hybridized carbons (Fsp3) is 1.00. The summed E-state index contributed by atoms with van der Waals surface area (Å²) >= 11 is 0. The van der Waals surface area contributed by atoms with E-state index in [1.54, 1.807) is 7.11 Å². The molecule has 0 heterocycles. The summed E-state index contributed by atoms with van der Waals surface area (Å²) in [5.74, 6) is 0. The summed E-state index contributed by atoms with van der Waals surface area (Å²) in [6.07, 6.45) is 1.08. The predicted molar refractivity (Wildman–Crippen MR) is 68.8 cm³/mol. The average Bonchev–Trinajstić information content (AvgIpc) is 2.12. The van der Waals surface area contributed by atoms with Crippen molar-refractivity contribution in [3.63, 3.8) is 0 Å². The van der Waals surface area contributed by atoms with E-state index in [0.29, 0.717) is 0 Å². The molecule has 0 aliphatic heterocycles. The maximum absolute atomic E-state index is 5.64. The topological polar surface area (TPSA) is 30.5 Å². The van der Waals surface area contributed by atoms with Crippen molar-refractivity contribution in [2.45, 2.75) is 46.6 Å². The molecule has 3 nitrogen and oxygen atoms in total. The summed E-state index contributed by atoms with van der Waals surface area (Å²) in [7, 11) is 1.75. The lowest BCUT2D eigenvalue weighted by Gasteiger charge is -2.25. The molecule has 0 aromatic rings. The van der Waals surface area contributed by atoms with E-state index in [0.717, 1.165) is 32.7 Å². The zero-order valence-corrected chi connectivity index (χ0v) is 11.9. The smallest absolute Gasteiger partial charge is 0.0599 e. The highest BCUT2D eigenvalue weighted by atomic mass is 16.5. The SMILES string of the molecule is COCCC(C)(C)CNCCOC(C)(C)C. The Morgan fingerprint density at radius 3 is 2.12 bits per heavy atom. The van der Waals surface area contributed by atoms with Crippen molar-refractivity contribution in [2.75, 3.05) is 33.4 Å². The van der Waals surface area contributed by atoms with Gasteiger partial charge in [-0.3, -0.25) is 0 Å². The Labute approximate surface area is 101 Å². The second kappa shape index (κ2) is 7.25. The highest BCUT2D eigenvalue weighted by molar-refractivity contribution is 4.71. The summed E-state index contributed by atoms with van der Waals surface area (Å²) in [5.41, 5.74) is 0.255. The standard InChI is InChI=1S/C13H29NO2/c1-12(2,3)16-10-8-14-11-13(4,5)7-9-15-6/h14H,7-11H2,1-6H3. The first-order valence-electron chi connectivity index (χ1n) is 6.10. The second-order valence-electron chi connectivity index (χ2n) is 6.04. The van der Waals surface area contributed by atoms with E-state index >= 15 is 0 Å². The van der Waals surface area contributed by atoms with Gasteiger partial charge in [-0.05, 0) is 32.6 Å². The van der Waals surface area contributed by atoms with Crippen LogP contribution in [-0.2, 0) is 9.47 Å². The first-order valence-corrected chi connectivity index (χ1v) is 6.10. The van der Waals surface area contributed by atoms with Gasteiger partial charge in [0.1, 0.15) is 0 Å². The van der Waals surface area contributed by atoms with Crippen LogP contribution in [0.15, 0.2) is 0 Å². The zero-order chi connectivity index (χ0) is 12.7. The highest BCUT2D eigenvalue weighted by Gasteiger charge is 2.16. The van der Waals surface area contributed by atoms with Crippen molar-refractivity contribution < 1.29 is 9.47 Å². The minimum Gasteiger partial charge on any atom is -0.385 e. The molecule has 0 spiro atoms. The molecule has 0 rings (SSSR count). The summed E-state index contributed by atoms with van der Waals surface area (Å²) in [6.45, 7) is 14.3. The summed E-state index contributed by atoms with van der Waals surface area (Å²) in [4.78, 5) is 0. The molecule has 0 amide bonds. The second-order valence-corrected chi connectivity index (χ2v) is 6.04. The van der Waals surface area contributed by atoms with E-state index in [1.165, 1.54) is 0 Å². The number of rotatable bonds is 8. The van der Waals surface area contributed by atoms with E-state index in [-0.39, 0.29) is 11.0 Å². The highest BCUT2D eigenvalue weighted by Crippen LogP contribution is 2.18. The van der Waals surface area contributed by atoms with Gasteiger partial charge in [-0.25, -0.2) is 0 Å². The lowest BCUT2D eigenvalue weighted by Crippen LogP contribution is -2.34. The lowest BCUT2D eigenvalue weighted by molar-refractivity contribution is -0.00152. The normalized spacial score (nSPS) is 13.1. The minimum atomic E-state index is -0.0345. The monoisotopic (exact) mass is 231 g/mol. The van der Waals surface area contributed by atoms with Gasteiger partial charge < -0.3 is 14.8 Å². The molecule has 1 N–H and O–H groups in total. The van der Waals surface area contributed by atoms with Gasteiger partial charge in [-0.2, -0.15) is 0 Å². The molecular formula is C13H29NO2. The van der Waals surface area contributed by atoms with Crippen molar-refractivity contribution in [1.82, 2.24) is 5.32 Å². The van der Waals surface area contributed by atoms with Gasteiger partial charge in [-0.1, -0.05) is 13.8 Å². The van der Waals surface area contributed by atoms with Crippen molar-refractivity contribution in [3.8, 4) is 0 Å². The van der Waals surface area contributed by atoms with Gasteiger partial charge in [0.05, 0.1) is 12.2 Å². The van der Waals surface area contributed by atoms with Crippen LogP contribution in [0.1, 0.15) is 41.0 Å². The Balaban J connectivity index is 3.50. The van der Waals surface area contributed by atoms with Crippen LogP contribution >= 0.6 is 0 Å². The van der Waals surface area contributed by atoms with Crippen LogP contribution in [-0.4, -0.2) is 39.0 Å². The lowest BCUT2D eigenvalue weighted by atomic mass is 9.90. The van der Waals surface area contributed by atoms with E-state index < -0.39 is 0 Å². The maximum atomic E-state index is 5.64. The Bertz CT molecular complexity index is 173. The van der Waals surface area contributed by atoms with Crippen LogP contribution in [0.4, 0.5) is 0 Å². The third-order valence-corrected chi connectivity index (χ3v) is 2.40. The molecule has 0 aromatic carbocycles. The Morgan fingerprint density at radius 1 is 1.00 bits per heavy atom. The molecule has 0 atom stereocenters. The van der Waals surface area contributed by atoms with Crippen LogP contribution in [0.2, 0.25) is 0 Å². The van der Waals surface area contributed by atoms with Crippen molar-refractivity contribution in [3.05, 3.63) is 0 Å². The molecule has 0 saturated heterocycles. The van der Waals surface area contributed by atoms with E-state index in [4.69, 9.17) is 9.47 Å². The fourth-order valence-electron chi connectivity index (χ4n) is 1.32. The van der Waals surface area contributed by atoms with Crippen molar-refractivity contribution in [1.29, 1.82) is 0 Å². The first-order chi connectivity index (χ1) is 7.27. The first kappa shape index (κ1) is 15.9. The maximum Gasteiger partial charge on any atom is 0.0599 e. The Morgan fingerprint density at radius 2 is 1.62 bits per heavy atom. The molecule has 0 aliphatic carbocycles. The average molecular weight is 231 g/mol. The molecule has 0 aromatic heterocycles. The third kappa shape index (κ3) is 10.4. The summed E-state index contributed by atoms with van der Waals surface area (Å²) < 4.78 is 10.7. The Hall–Kier alpha value is -0.120. The zero-order valence-electron chi connectivity index (χ0n) is 11.9. The number of hydrogen-bond donors (Lipinski definition) is 1. The molecule has 0 fully saturated rings. The minimum absolute atomic E-state index is 0.0345. The Kier molecular flexibility index (Phi) is 7.20. The van der Waals surface area contributed by atoms with Gasteiger partial charge in [-0.15, -0.1) is 0 Å². The third-order valence-electron chi connectivity index (χ3n) is 2.40. The number of methoxy groups -OCH3 is 1. The van der Waals surface area contributed by atoms with Gasteiger partial charge in [0.25, 0.3) is 0 Å². The van der Waals surface area contributed by atoms with Crippen LogP contribution in [0.25, 0.3) is 0 Å². The fourth-order valence-corrected chi connectivity index (χ4v) is 1.32. The quantitative estimate of drug-likeness (QED) is 0.651. The van der Waals surface area contributed by atoms with Crippen LogP contribution in [0.5, 0.6) is 0 Å². The number of ether oxygens (including phenoxy) is 2. The summed E-state index contributed by atoms with van der Waals surface area (Å²) in [5, 5.41) is 3.43. The van der Waals surface area contributed by atoms with Gasteiger partial charge in [0.15, 0.2) is 0 Å². The molecule has 0 saturated carbocycles. The van der Waals surface area contributed by atoms with Crippen LogP contribution < -0.4 is 5.32 Å². The van der Waals surface area contributed by atoms with Crippen LogP contribution in [0, 0.1) is 5.41 Å². The molecular weight excluding hydrogens is 202 g/mol. The molecule has 98 valence electrons. The van der Waals surface area contributed by atoms with Crippen LogP contribution in [0.3, 0.4) is 0 Å². The molecule has 0 aliphatic rings. The molecule has 0 unspecified atom stereocenters. The van der Waals surface area contributed by atoms with Gasteiger partial charge in [0.2, 0.25) is 0 Å². The van der Waals surface area contributed by atoms with Gasteiger partial charge in [0, 0.05) is 26.8 Å². The predicted octanol–water partition coefficient (Wildman–Crippen LogP) is 2.45. The molecule has 0 radical (unpaired) electrons. The van der Waals surface area contributed by atoms with E-state index in [2.05, 4.69) is 39.9 Å².